The zero-order chi connectivity index (χ0) is 13.4. The van der Waals surface area contributed by atoms with Gasteiger partial charge in [-0.05, 0) is 26.0 Å². The van der Waals surface area contributed by atoms with Crippen LogP contribution in [0.25, 0.3) is 11.0 Å². The second-order valence-corrected chi connectivity index (χ2v) is 5.23. The minimum Gasteiger partial charge on any atom is -0.352 e. The van der Waals surface area contributed by atoms with Crippen molar-refractivity contribution in [3.63, 3.8) is 0 Å². The van der Waals surface area contributed by atoms with E-state index in [9.17, 15) is 4.39 Å². The first kappa shape index (κ1) is 14.9. The van der Waals surface area contributed by atoms with E-state index in [0.29, 0.717) is 17.6 Å². The van der Waals surface area contributed by atoms with Crippen LogP contribution in [0, 0.1) is 5.82 Å². The predicted octanol–water partition coefficient (Wildman–Crippen LogP) is 2.38. The molecule has 0 unspecified atom stereocenters. The summed E-state index contributed by atoms with van der Waals surface area (Å²) in [5.74, 6) is 0.582. The number of rotatable bonds is 1. The van der Waals surface area contributed by atoms with Crippen LogP contribution >= 0.6 is 12.4 Å². The number of hydrogen-bond acceptors (Lipinski definition) is 4. The first-order chi connectivity index (χ1) is 9.11. The third-order valence-corrected chi connectivity index (χ3v) is 3.37. The van der Waals surface area contributed by atoms with Gasteiger partial charge in [0.15, 0.2) is 0 Å². The van der Waals surface area contributed by atoms with E-state index in [1.807, 2.05) is 0 Å². The number of piperazine rings is 1. The van der Waals surface area contributed by atoms with Gasteiger partial charge in [-0.2, -0.15) is 0 Å². The van der Waals surface area contributed by atoms with Gasteiger partial charge in [-0.25, -0.2) is 9.37 Å². The van der Waals surface area contributed by atoms with Gasteiger partial charge in [-0.15, -0.1) is 12.4 Å². The molecule has 1 aliphatic heterocycles. The second-order valence-electron chi connectivity index (χ2n) is 5.23. The summed E-state index contributed by atoms with van der Waals surface area (Å²) >= 11 is 0. The molecule has 0 radical (unpaired) electrons. The van der Waals surface area contributed by atoms with Crippen LogP contribution in [0.1, 0.15) is 13.8 Å². The van der Waals surface area contributed by atoms with Crippen LogP contribution in [0.3, 0.4) is 0 Å². The van der Waals surface area contributed by atoms with Gasteiger partial charge in [0.2, 0.25) is 0 Å². The number of hydrogen-bond donors (Lipinski definition) is 1. The molecule has 1 saturated heterocycles. The molecule has 2 heterocycles. The normalized spacial score (nSPS) is 22.6. The first-order valence-corrected chi connectivity index (χ1v) is 6.55. The highest BCUT2D eigenvalue weighted by Crippen LogP contribution is 2.18. The fourth-order valence-electron chi connectivity index (χ4n) is 2.64. The fourth-order valence-corrected chi connectivity index (χ4v) is 2.64. The van der Waals surface area contributed by atoms with E-state index in [2.05, 4.69) is 34.0 Å². The highest BCUT2D eigenvalue weighted by Gasteiger charge is 2.22. The number of fused-ring (bicyclic) bond motifs is 1. The van der Waals surface area contributed by atoms with Gasteiger partial charge in [-0.3, -0.25) is 4.98 Å². The Morgan fingerprint density at radius 2 is 1.90 bits per heavy atom. The van der Waals surface area contributed by atoms with Crippen molar-refractivity contribution in [2.75, 3.05) is 18.0 Å². The summed E-state index contributed by atoms with van der Waals surface area (Å²) in [4.78, 5) is 11.1. The molecule has 1 aromatic carbocycles. The standard InChI is InChI=1S/C14H17FN4.ClH/c1-9-7-19(8-10(2)17-9)14-6-16-13-5-11(15)3-4-12(13)18-14;/h3-6,9-10,17H,7-8H2,1-2H3;1H/t9-,10-;/m1./s1. The number of anilines is 1. The molecule has 20 heavy (non-hydrogen) atoms. The quantitative estimate of drug-likeness (QED) is 0.877. The molecule has 108 valence electrons. The summed E-state index contributed by atoms with van der Waals surface area (Å²) < 4.78 is 13.1. The molecule has 2 atom stereocenters. The smallest absolute Gasteiger partial charge is 0.147 e. The lowest BCUT2D eigenvalue weighted by Gasteiger charge is -2.36. The van der Waals surface area contributed by atoms with E-state index in [1.165, 1.54) is 12.1 Å². The van der Waals surface area contributed by atoms with Gasteiger partial charge in [0.1, 0.15) is 11.6 Å². The van der Waals surface area contributed by atoms with Gasteiger partial charge in [0.25, 0.3) is 0 Å². The summed E-state index contributed by atoms with van der Waals surface area (Å²) in [5.41, 5.74) is 1.33. The lowest BCUT2D eigenvalue weighted by atomic mass is 10.1. The monoisotopic (exact) mass is 296 g/mol. The topological polar surface area (TPSA) is 41.1 Å². The van der Waals surface area contributed by atoms with Gasteiger partial charge >= 0.3 is 0 Å². The Bertz CT molecular complexity index is 597. The minimum absolute atomic E-state index is 0. The maximum absolute atomic E-state index is 13.1. The van der Waals surface area contributed by atoms with Crippen LogP contribution in [-0.4, -0.2) is 35.1 Å². The Morgan fingerprint density at radius 3 is 2.60 bits per heavy atom. The molecule has 4 nitrogen and oxygen atoms in total. The Labute approximate surface area is 123 Å². The average molecular weight is 297 g/mol. The van der Waals surface area contributed by atoms with Crippen LogP contribution in [-0.2, 0) is 0 Å². The van der Waals surface area contributed by atoms with E-state index < -0.39 is 0 Å². The highest BCUT2D eigenvalue weighted by molar-refractivity contribution is 5.85. The van der Waals surface area contributed by atoms with Gasteiger partial charge in [-0.1, -0.05) is 0 Å². The zero-order valence-electron chi connectivity index (χ0n) is 11.5. The van der Waals surface area contributed by atoms with Crippen molar-refractivity contribution in [1.29, 1.82) is 0 Å². The molecular formula is C14H18ClFN4. The summed E-state index contributed by atoms with van der Waals surface area (Å²) in [6, 6.07) is 5.36. The van der Waals surface area contributed by atoms with Gasteiger partial charge in [0, 0.05) is 31.2 Å². The van der Waals surface area contributed by atoms with Crippen molar-refractivity contribution in [2.45, 2.75) is 25.9 Å². The Balaban J connectivity index is 0.00000147. The van der Waals surface area contributed by atoms with Crippen LogP contribution < -0.4 is 10.2 Å². The van der Waals surface area contributed by atoms with Crippen molar-refractivity contribution >= 4 is 29.3 Å². The molecule has 3 rings (SSSR count). The summed E-state index contributed by atoms with van der Waals surface area (Å²) in [6.07, 6.45) is 1.73. The summed E-state index contributed by atoms with van der Waals surface area (Å²) in [6.45, 7) is 6.14. The highest BCUT2D eigenvalue weighted by atomic mass is 35.5. The van der Waals surface area contributed by atoms with Crippen molar-refractivity contribution in [3.05, 3.63) is 30.2 Å². The molecule has 0 saturated carbocycles. The van der Waals surface area contributed by atoms with Crippen molar-refractivity contribution in [1.82, 2.24) is 15.3 Å². The van der Waals surface area contributed by atoms with Gasteiger partial charge in [0.05, 0.1) is 17.2 Å². The minimum atomic E-state index is -0.279. The van der Waals surface area contributed by atoms with E-state index in [1.54, 1.807) is 12.3 Å². The Morgan fingerprint density at radius 1 is 1.20 bits per heavy atom. The third kappa shape index (κ3) is 2.99. The molecule has 1 fully saturated rings. The molecule has 1 aromatic heterocycles. The second kappa shape index (κ2) is 5.89. The van der Waals surface area contributed by atoms with E-state index in [4.69, 9.17) is 0 Å². The molecule has 1 aliphatic rings. The average Bonchev–Trinajstić information content (AvgIpc) is 2.37. The molecule has 1 N–H and O–H groups in total. The van der Waals surface area contributed by atoms with Crippen LogP contribution in [0.5, 0.6) is 0 Å². The zero-order valence-corrected chi connectivity index (χ0v) is 12.3. The molecule has 0 spiro atoms. The van der Waals surface area contributed by atoms with E-state index in [0.717, 1.165) is 24.4 Å². The van der Waals surface area contributed by atoms with Crippen LogP contribution in [0.2, 0.25) is 0 Å². The molecule has 6 heteroatoms. The third-order valence-electron chi connectivity index (χ3n) is 3.37. The lowest BCUT2D eigenvalue weighted by Crippen LogP contribution is -2.54. The maximum atomic E-state index is 13.1. The lowest BCUT2D eigenvalue weighted by molar-refractivity contribution is 0.405. The SMILES string of the molecule is C[C@@H]1CN(c2cnc3cc(F)ccc3n2)C[C@@H](C)N1.Cl. The van der Waals surface area contributed by atoms with E-state index in [-0.39, 0.29) is 18.2 Å². The fraction of sp³-hybridized carbons (Fsp3) is 0.429. The first-order valence-electron chi connectivity index (χ1n) is 6.55. The van der Waals surface area contributed by atoms with E-state index >= 15 is 0 Å². The number of nitrogens with one attached hydrogen (secondary N) is 1. The van der Waals surface area contributed by atoms with Crippen LogP contribution in [0.15, 0.2) is 24.4 Å². The number of aromatic nitrogens is 2. The van der Waals surface area contributed by atoms with Gasteiger partial charge < -0.3 is 10.2 Å². The Kier molecular flexibility index (Phi) is 4.40. The van der Waals surface area contributed by atoms with Crippen LogP contribution in [0.4, 0.5) is 10.2 Å². The summed E-state index contributed by atoms with van der Waals surface area (Å²) in [5, 5.41) is 3.48. The van der Waals surface area contributed by atoms with Crippen molar-refractivity contribution in [3.8, 4) is 0 Å². The molecule has 0 aliphatic carbocycles. The largest absolute Gasteiger partial charge is 0.352 e. The molecule has 0 amide bonds. The number of nitrogens with zero attached hydrogens (tertiary/aromatic N) is 3. The van der Waals surface area contributed by atoms with Crippen molar-refractivity contribution in [2.24, 2.45) is 0 Å². The maximum Gasteiger partial charge on any atom is 0.147 e. The molecule has 2 aromatic rings. The summed E-state index contributed by atoms with van der Waals surface area (Å²) in [7, 11) is 0. The molecular weight excluding hydrogens is 279 g/mol. The molecule has 0 bridgehead atoms. The number of benzene rings is 1. The predicted molar refractivity (Wildman–Crippen MR) is 81.0 cm³/mol. The number of halogens is 2. The van der Waals surface area contributed by atoms with Crippen molar-refractivity contribution < 1.29 is 4.39 Å². The Hall–Kier alpha value is -1.46.